The number of hydrogen-bond acceptors (Lipinski definition) is 3. The lowest BCUT2D eigenvalue weighted by molar-refractivity contribution is -0.121. The Labute approximate surface area is 254 Å². The second-order valence-corrected chi connectivity index (χ2v) is 14.5. The van der Waals surface area contributed by atoms with Gasteiger partial charge in [0.1, 0.15) is 0 Å². The van der Waals surface area contributed by atoms with Crippen LogP contribution in [0.4, 0.5) is 5.69 Å². The second kappa shape index (κ2) is 14.9. The van der Waals surface area contributed by atoms with Crippen LogP contribution in [0, 0.1) is 35.5 Å². The van der Waals surface area contributed by atoms with Crippen molar-refractivity contribution in [2.45, 2.75) is 137 Å². The fourth-order valence-electron chi connectivity index (χ4n) is 8.20. The van der Waals surface area contributed by atoms with Crippen molar-refractivity contribution in [3.63, 3.8) is 0 Å². The number of primary amides is 1. The van der Waals surface area contributed by atoms with Crippen molar-refractivity contribution in [1.29, 1.82) is 0 Å². The molecule has 3 N–H and O–H groups in total. The first-order valence-corrected chi connectivity index (χ1v) is 17.2. The van der Waals surface area contributed by atoms with Crippen molar-refractivity contribution >= 4 is 23.4 Å². The standard InChI is InChI=1S/C36H57N3O3/c1-6-7-25-8-10-28(11-9-25)35(41)38-31-21-29(34(37)40)20-30(22-31)36(42)39(32-16-12-26(13-17-32)23(2)3)33-18-14-27(15-19-33)24(4)5/h20-28,32-33H,6-19H2,1-5H3,(H2,37,40)(H,38,41)/t25?,26-,27-,28?,32+,33+. The summed E-state index contributed by atoms with van der Waals surface area (Å²) in [6.45, 7) is 11.5. The Morgan fingerprint density at radius 1 is 0.762 bits per heavy atom. The molecule has 0 aliphatic heterocycles. The van der Waals surface area contributed by atoms with Crippen LogP contribution in [0.25, 0.3) is 0 Å². The van der Waals surface area contributed by atoms with Gasteiger partial charge >= 0.3 is 0 Å². The van der Waals surface area contributed by atoms with Gasteiger partial charge in [-0.2, -0.15) is 0 Å². The molecule has 3 amide bonds. The number of nitrogens with one attached hydrogen (secondary N) is 1. The fourth-order valence-corrected chi connectivity index (χ4v) is 8.20. The normalized spacial score (nSPS) is 28.5. The van der Waals surface area contributed by atoms with Gasteiger partial charge in [0.05, 0.1) is 0 Å². The number of benzene rings is 1. The predicted octanol–water partition coefficient (Wildman–Crippen LogP) is 8.20. The van der Waals surface area contributed by atoms with E-state index in [1.165, 1.54) is 12.8 Å². The maximum atomic E-state index is 14.4. The first-order valence-electron chi connectivity index (χ1n) is 17.2. The molecular weight excluding hydrogens is 522 g/mol. The number of carbonyl (C=O) groups is 3. The third-order valence-corrected chi connectivity index (χ3v) is 11.0. The lowest BCUT2D eigenvalue weighted by Gasteiger charge is -2.45. The molecule has 6 nitrogen and oxygen atoms in total. The van der Waals surface area contributed by atoms with E-state index in [0.717, 1.165) is 83.0 Å². The largest absolute Gasteiger partial charge is 0.366 e. The second-order valence-electron chi connectivity index (χ2n) is 14.5. The Morgan fingerprint density at radius 2 is 1.26 bits per heavy atom. The van der Waals surface area contributed by atoms with Crippen molar-refractivity contribution in [2.24, 2.45) is 41.2 Å². The maximum absolute atomic E-state index is 14.4. The van der Waals surface area contributed by atoms with Crippen LogP contribution in [0.3, 0.4) is 0 Å². The van der Waals surface area contributed by atoms with Crippen LogP contribution in [-0.2, 0) is 4.79 Å². The van der Waals surface area contributed by atoms with Crippen molar-refractivity contribution in [3.8, 4) is 0 Å². The highest BCUT2D eigenvalue weighted by atomic mass is 16.2. The molecule has 234 valence electrons. The van der Waals surface area contributed by atoms with Gasteiger partial charge in [-0.15, -0.1) is 0 Å². The molecule has 0 heterocycles. The molecule has 3 aliphatic rings. The molecule has 3 aliphatic carbocycles. The monoisotopic (exact) mass is 579 g/mol. The average Bonchev–Trinajstić information content (AvgIpc) is 2.98. The fraction of sp³-hybridized carbons (Fsp3) is 0.750. The number of nitrogens with two attached hydrogens (primary N) is 1. The average molecular weight is 580 g/mol. The molecule has 0 unspecified atom stereocenters. The van der Waals surface area contributed by atoms with Gasteiger partial charge in [0.15, 0.2) is 0 Å². The van der Waals surface area contributed by atoms with Crippen molar-refractivity contribution < 1.29 is 14.4 Å². The van der Waals surface area contributed by atoms with Crippen LogP contribution in [0.15, 0.2) is 18.2 Å². The highest BCUT2D eigenvalue weighted by Crippen LogP contribution is 2.39. The third kappa shape index (κ3) is 8.17. The molecule has 0 bridgehead atoms. The van der Waals surface area contributed by atoms with E-state index in [-0.39, 0.29) is 35.4 Å². The van der Waals surface area contributed by atoms with E-state index in [0.29, 0.717) is 34.9 Å². The van der Waals surface area contributed by atoms with Gasteiger partial charge in [-0.1, -0.05) is 47.5 Å². The summed E-state index contributed by atoms with van der Waals surface area (Å²) in [5.41, 5.74) is 6.98. The summed E-state index contributed by atoms with van der Waals surface area (Å²) in [5, 5.41) is 3.07. The summed E-state index contributed by atoms with van der Waals surface area (Å²) >= 11 is 0. The van der Waals surface area contributed by atoms with E-state index in [9.17, 15) is 14.4 Å². The summed E-state index contributed by atoms with van der Waals surface area (Å²) < 4.78 is 0. The molecular formula is C36H57N3O3. The van der Waals surface area contributed by atoms with Crippen LogP contribution >= 0.6 is 0 Å². The molecule has 3 fully saturated rings. The number of anilines is 1. The summed E-state index contributed by atoms with van der Waals surface area (Å²) in [7, 11) is 0. The van der Waals surface area contributed by atoms with Gasteiger partial charge in [0, 0.05) is 34.8 Å². The summed E-state index contributed by atoms with van der Waals surface area (Å²) in [6.07, 6.45) is 15.1. The predicted molar refractivity (Wildman–Crippen MR) is 171 cm³/mol. The van der Waals surface area contributed by atoms with Gasteiger partial charge in [0.2, 0.25) is 11.8 Å². The summed E-state index contributed by atoms with van der Waals surface area (Å²) in [4.78, 5) is 42.3. The van der Waals surface area contributed by atoms with E-state index in [1.54, 1.807) is 18.2 Å². The molecule has 1 aromatic carbocycles. The Balaban J connectivity index is 1.55. The molecule has 0 spiro atoms. The van der Waals surface area contributed by atoms with Gasteiger partial charge in [0.25, 0.3) is 5.91 Å². The van der Waals surface area contributed by atoms with E-state index in [1.807, 2.05) is 0 Å². The SMILES string of the molecule is CCCC1CCC(C(=O)Nc2cc(C(N)=O)cc(C(=O)N([C@H]3CC[C@@H](C(C)C)CC3)[C@H]3CC[C@@H](C(C)C)CC3)c2)CC1. The Morgan fingerprint density at radius 3 is 1.71 bits per heavy atom. The zero-order chi connectivity index (χ0) is 30.4. The Kier molecular flexibility index (Phi) is 11.5. The molecule has 0 radical (unpaired) electrons. The number of hydrogen-bond donors (Lipinski definition) is 2. The zero-order valence-electron chi connectivity index (χ0n) is 27.0. The number of rotatable bonds is 10. The first-order chi connectivity index (χ1) is 20.1. The molecule has 42 heavy (non-hydrogen) atoms. The van der Waals surface area contributed by atoms with Gasteiger partial charge < -0.3 is 16.0 Å². The quantitative estimate of drug-likeness (QED) is 0.293. The number of amides is 3. The van der Waals surface area contributed by atoms with E-state index < -0.39 is 5.91 Å². The lowest BCUT2D eigenvalue weighted by atomic mass is 9.76. The Bertz CT molecular complexity index is 1030. The van der Waals surface area contributed by atoms with E-state index >= 15 is 0 Å². The molecule has 0 saturated heterocycles. The van der Waals surface area contributed by atoms with Crippen LogP contribution in [-0.4, -0.2) is 34.7 Å². The molecule has 3 saturated carbocycles. The van der Waals surface area contributed by atoms with Crippen LogP contribution < -0.4 is 11.1 Å². The number of nitrogens with zero attached hydrogens (tertiary/aromatic N) is 1. The van der Waals surface area contributed by atoms with Crippen LogP contribution in [0.5, 0.6) is 0 Å². The topological polar surface area (TPSA) is 92.5 Å². The molecule has 4 rings (SSSR count). The Hall–Kier alpha value is -2.37. The highest BCUT2D eigenvalue weighted by molar-refractivity contribution is 6.02. The van der Waals surface area contributed by atoms with Gasteiger partial charge in [-0.3, -0.25) is 14.4 Å². The minimum atomic E-state index is -0.582. The molecule has 1 aromatic rings. The van der Waals surface area contributed by atoms with E-state index in [4.69, 9.17) is 5.73 Å². The zero-order valence-corrected chi connectivity index (χ0v) is 27.0. The minimum absolute atomic E-state index is 0.0131. The minimum Gasteiger partial charge on any atom is -0.366 e. The lowest BCUT2D eigenvalue weighted by Crippen LogP contribution is -2.50. The smallest absolute Gasteiger partial charge is 0.254 e. The summed E-state index contributed by atoms with van der Waals surface area (Å²) in [5.74, 6) is 2.83. The molecule has 0 aromatic heterocycles. The van der Waals surface area contributed by atoms with Crippen LogP contribution in [0.1, 0.15) is 145 Å². The first kappa shape index (κ1) is 32.5. The third-order valence-electron chi connectivity index (χ3n) is 11.0. The van der Waals surface area contributed by atoms with Crippen molar-refractivity contribution in [2.75, 3.05) is 5.32 Å². The van der Waals surface area contributed by atoms with Gasteiger partial charge in [-0.25, -0.2) is 0 Å². The number of carbonyl (C=O) groups excluding carboxylic acids is 3. The van der Waals surface area contributed by atoms with Crippen LogP contribution in [0.2, 0.25) is 0 Å². The van der Waals surface area contributed by atoms with Crippen molar-refractivity contribution in [1.82, 2.24) is 4.90 Å². The van der Waals surface area contributed by atoms with Gasteiger partial charge in [-0.05, 0) is 125 Å². The summed E-state index contributed by atoms with van der Waals surface area (Å²) in [6, 6.07) is 5.47. The van der Waals surface area contributed by atoms with Crippen molar-refractivity contribution in [3.05, 3.63) is 29.3 Å². The highest BCUT2D eigenvalue weighted by Gasteiger charge is 2.37. The van der Waals surface area contributed by atoms with E-state index in [2.05, 4.69) is 44.8 Å². The maximum Gasteiger partial charge on any atom is 0.254 e. The molecule has 0 atom stereocenters. The molecule has 6 heteroatoms.